The van der Waals surface area contributed by atoms with Crippen LogP contribution < -0.4 is 10.2 Å². The number of aliphatic hydroxyl groups excluding tert-OH is 1. The van der Waals surface area contributed by atoms with Gasteiger partial charge in [-0.2, -0.15) is 0 Å². The summed E-state index contributed by atoms with van der Waals surface area (Å²) in [7, 11) is 0. The molecule has 3 unspecified atom stereocenters. The zero-order valence-corrected chi connectivity index (χ0v) is 12.5. The van der Waals surface area contributed by atoms with E-state index in [1.165, 1.54) is 0 Å². The maximum atomic E-state index is 9.27. The van der Waals surface area contributed by atoms with E-state index < -0.39 is 0 Å². The minimum absolute atomic E-state index is 0.0593. The van der Waals surface area contributed by atoms with Crippen molar-refractivity contribution in [2.75, 3.05) is 31.1 Å². The molecule has 3 atom stereocenters. The number of rotatable bonds is 5. The SMILES string of the molecule is CCNC(C)c1ccc(N2CC(C)OC(CO)C2)cn1. The van der Waals surface area contributed by atoms with E-state index in [1.807, 2.05) is 13.1 Å². The number of hydrogen-bond acceptors (Lipinski definition) is 5. The predicted octanol–water partition coefficient (Wildman–Crippen LogP) is 1.34. The number of nitrogens with one attached hydrogen (secondary N) is 1. The number of morpholine rings is 1. The molecule has 0 saturated carbocycles. The zero-order valence-electron chi connectivity index (χ0n) is 12.5. The van der Waals surface area contributed by atoms with Crippen molar-refractivity contribution >= 4 is 5.69 Å². The van der Waals surface area contributed by atoms with Crippen LogP contribution in [0.25, 0.3) is 0 Å². The Bertz CT molecular complexity index is 410. The van der Waals surface area contributed by atoms with Crippen LogP contribution in [0, 0.1) is 0 Å². The predicted molar refractivity (Wildman–Crippen MR) is 80.0 cm³/mol. The first-order valence-corrected chi connectivity index (χ1v) is 7.34. The number of ether oxygens (including phenoxy) is 1. The lowest BCUT2D eigenvalue weighted by molar-refractivity contribution is -0.0421. The van der Waals surface area contributed by atoms with Crippen molar-refractivity contribution in [1.82, 2.24) is 10.3 Å². The number of hydrogen-bond donors (Lipinski definition) is 2. The van der Waals surface area contributed by atoms with Gasteiger partial charge >= 0.3 is 0 Å². The summed E-state index contributed by atoms with van der Waals surface area (Å²) >= 11 is 0. The summed E-state index contributed by atoms with van der Waals surface area (Å²) in [5.41, 5.74) is 2.14. The molecule has 5 nitrogen and oxygen atoms in total. The van der Waals surface area contributed by atoms with Crippen LogP contribution in [0.3, 0.4) is 0 Å². The number of pyridine rings is 1. The van der Waals surface area contributed by atoms with Crippen LogP contribution in [-0.2, 0) is 4.74 Å². The third kappa shape index (κ3) is 3.69. The lowest BCUT2D eigenvalue weighted by Gasteiger charge is -2.37. The molecule has 20 heavy (non-hydrogen) atoms. The molecule has 2 rings (SSSR count). The summed E-state index contributed by atoms with van der Waals surface area (Å²) in [4.78, 5) is 6.77. The normalized spacial score (nSPS) is 24.7. The summed E-state index contributed by atoms with van der Waals surface area (Å²) in [5, 5.41) is 12.6. The van der Waals surface area contributed by atoms with Gasteiger partial charge < -0.3 is 20.1 Å². The van der Waals surface area contributed by atoms with Crippen molar-refractivity contribution < 1.29 is 9.84 Å². The second-order valence-electron chi connectivity index (χ2n) is 5.38. The molecule has 0 amide bonds. The van der Waals surface area contributed by atoms with Crippen LogP contribution in [0.15, 0.2) is 18.3 Å². The Kier molecular flexibility index (Phi) is 5.34. The molecule has 2 N–H and O–H groups in total. The molecule has 5 heteroatoms. The highest BCUT2D eigenvalue weighted by Crippen LogP contribution is 2.21. The average molecular weight is 279 g/mol. The molecule has 0 aliphatic carbocycles. The van der Waals surface area contributed by atoms with E-state index in [0.717, 1.165) is 24.5 Å². The van der Waals surface area contributed by atoms with Crippen LogP contribution in [0.5, 0.6) is 0 Å². The molecule has 1 aromatic rings. The van der Waals surface area contributed by atoms with Gasteiger partial charge in [-0.25, -0.2) is 0 Å². The van der Waals surface area contributed by atoms with Gasteiger partial charge in [0, 0.05) is 19.1 Å². The van der Waals surface area contributed by atoms with Gasteiger partial charge in [-0.3, -0.25) is 4.98 Å². The standard InChI is InChI=1S/C15H25N3O2/c1-4-16-12(3)15-6-5-13(7-17-15)18-8-11(2)20-14(9-18)10-19/h5-7,11-12,14,16,19H,4,8-10H2,1-3H3. The molecule has 1 aliphatic heterocycles. The van der Waals surface area contributed by atoms with E-state index in [4.69, 9.17) is 4.74 Å². The monoisotopic (exact) mass is 279 g/mol. The Morgan fingerprint density at radius 3 is 2.90 bits per heavy atom. The van der Waals surface area contributed by atoms with Crippen LogP contribution in [0.4, 0.5) is 5.69 Å². The van der Waals surface area contributed by atoms with Crippen molar-refractivity contribution in [3.05, 3.63) is 24.0 Å². The first-order chi connectivity index (χ1) is 9.63. The summed E-state index contributed by atoms with van der Waals surface area (Å²) in [6.45, 7) is 8.78. The molecule has 1 aromatic heterocycles. The fourth-order valence-electron chi connectivity index (χ4n) is 2.61. The average Bonchev–Trinajstić information content (AvgIpc) is 2.47. The van der Waals surface area contributed by atoms with Crippen LogP contribution in [-0.4, -0.2) is 48.5 Å². The van der Waals surface area contributed by atoms with Crippen LogP contribution in [0.1, 0.15) is 32.5 Å². The van der Waals surface area contributed by atoms with Gasteiger partial charge in [0.15, 0.2) is 0 Å². The number of aliphatic hydroxyl groups is 1. The number of anilines is 1. The molecule has 112 valence electrons. The largest absolute Gasteiger partial charge is 0.394 e. The van der Waals surface area contributed by atoms with Gasteiger partial charge in [-0.15, -0.1) is 0 Å². The quantitative estimate of drug-likeness (QED) is 0.852. The zero-order chi connectivity index (χ0) is 14.5. The summed E-state index contributed by atoms with van der Waals surface area (Å²) < 4.78 is 5.66. The topological polar surface area (TPSA) is 57.6 Å². The van der Waals surface area contributed by atoms with Gasteiger partial charge in [0.2, 0.25) is 0 Å². The molecular formula is C15H25N3O2. The lowest BCUT2D eigenvalue weighted by Crippen LogP contribution is -2.48. The van der Waals surface area contributed by atoms with E-state index >= 15 is 0 Å². The highest BCUT2D eigenvalue weighted by Gasteiger charge is 2.25. The van der Waals surface area contributed by atoms with E-state index in [2.05, 4.69) is 41.2 Å². The molecule has 0 bridgehead atoms. The van der Waals surface area contributed by atoms with Crippen molar-refractivity contribution in [2.45, 2.75) is 39.0 Å². The second-order valence-corrected chi connectivity index (χ2v) is 5.38. The summed E-state index contributed by atoms with van der Waals surface area (Å²) in [6.07, 6.45) is 1.93. The van der Waals surface area contributed by atoms with Crippen molar-refractivity contribution in [3.8, 4) is 0 Å². The van der Waals surface area contributed by atoms with Crippen LogP contribution >= 0.6 is 0 Å². The minimum Gasteiger partial charge on any atom is -0.394 e. The van der Waals surface area contributed by atoms with Crippen LogP contribution in [0.2, 0.25) is 0 Å². The highest BCUT2D eigenvalue weighted by atomic mass is 16.5. The van der Waals surface area contributed by atoms with E-state index in [1.54, 1.807) is 0 Å². The van der Waals surface area contributed by atoms with Crippen molar-refractivity contribution in [2.24, 2.45) is 0 Å². The Labute approximate surface area is 121 Å². The Morgan fingerprint density at radius 2 is 2.30 bits per heavy atom. The maximum absolute atomic E-state index is 9.27. The summed E-state index contributed by atoms with van der Waals surface area (Å²) in [6, 6.07) is 4.43. The Morgan fingerprint density at radius 1 is 1.50 bits per heavy atom. The van der Waals surface area contributed by atoms with Gasteiger partial charge in [0.05, 0.1) is 36.4 Å². The third-order valence-electron chi connectivity index (χ3n) is 3.62. The van der Waals surface area contributed by atoms with E-state index in [-0.39, 0.29) is 24.9 Å². The number of aromatic nitrogens is 1. The summed E-state index contributed by atoms with van der Waals surface area (Å²) in [5.74, 6) is 0. The molecule has 1 aliphatic rings. The first-order valence-electron chi connectivity index (χ1n) is 7.34. The smallest absolute Gasteiger partial charge is 0.0984 e. The Hall–Kier alpha value is -1.17. The minimum atomic E-state index is -0.112. The molecule has 0 radical (unpaired) electrons. The van der Waals surface area contributed by atoms with Crippen molar-refractivity contribution in [1.29, 1.82) is 0 Å². The molecule has 1 fully saturated rings. The van der Waals surface area contributed by atoms with Gasteiger partial charge in [0.25, 0.3) is 0 Å². The van der Waals surface area contributed by atoms with E-state index in [9.17, 15) is 5.11 Å². The fraction of sp³-hybridized carbons (Fsp3) is 0.667. The highest BCUT2D eigenvalue weighted by molar-refractivity contribution is 5.45. The number of nitrogens with zero attached hydrogens (tertiary/aromatic N) is 2. The first kappa shape index (κ1) is 15.2. The molecule has 0 spiro atoms. The maximum Gasteiger partial charge on any atom is 0.0984 e. The van der Waals surface area contributed by atoms with Gasteiger partial charge in [0.1, 0.15) is 0 Å². The fourth-order valence-corrected chi connectivity index (χ4v) is 2.61. The van der Waals surface area contributed by atoms with Gasteiger partial charge in [-0.1, -0.05) is 6.92 Å². The molecule has 1 saturated heterocycles. The Balaban J connectivity index is 2.05. The molecule has 0 aromatic carbocycles. The molecular weight excluding hydrogens is 254 g/mol. The second kappa shape index (κ2) is 7.02. The lowest BCUT2D eigenvalue weighted by atomic mass is 10.1. The van der Waals surface area contributed by atoms with Crippen molar-refractivity contribution in [3.63, 3.8) is 0 Å². The molecule has 2 heterocycles. The van der Waals surface area contributed by atoms with E-state index in [0.29, 0.717) is 6.54 Å². The van der Waals surface area contributed by atoms with Gasteiger partial charge in [-0.05, 0) is 32.5 Å². The third-order valence-corrected chi connectivity index (χ3v) is 3.62.